The van der Waals surface area contributed by atoms with Gasteiger partial charge in [-0.15, -0.1) is 0 Å². The minimum Gasteiger partial charge on any atom is -0.306 e. The Morgan fingerprint density at radius 2 is 2.29 bits per heavy atom. The second-order valence-corrected chi connectivity index (χ2v) is 4.77. The highest BCUT2D eigenvalue weighted by atomic mass is 127. The molecule has 0 unspecified atom stereocenters. The monoisotopic (exact) mass is 300 g/mol. The van der Waals surface area contributed by atoms with Crippen molar-refractivity contribution in [1.29, 1.82) is 0 Å². The molecule has 4 heteroatoms. The highest BCUT2D eigenvalue weighted by Gasteiger charge is 2.17. The van der Waals surface area contributed by atoms with Crippen molar-refractivity contribution in [2.45, 2.75) is 19.4 Å². The number of H-pyrrole nitrogens is 1. The van der Waals surface area contributed by atoms with Crippen LogP contribution in [0.5, 0.6) is 0 Å². The van der Waals surface area contributed by atoms with Gasteiger partial charge in [-0.3, -0.25) is 4.57 Å². The van der Waals surface area contributed by atoms with Crippen LogP contribution >= 0.6 is 22.6 Å². The maximum absolute atomic E-state index is 11.6. The van der Waals surface area contributed by atoms with Gasteiger partial charge in [0, 0.05) is 10.1 Å². The van der Waals surface area contributed by atoms with E-state index in [-0.39, 0.29) is 5.69 Å². The van der Waals surface area contributed by atoms with E-state index in [9.17, 15) is 4.79 Å². The number of benzene rings is 1. The fraction of sp³-hybridized carbons (Fsp3) is 0.300. The van der Waals surface area contributed by atoms with Gasteiger partial charge in [0.1, 0.15) is 0 Å². The number of nitrogens with zero attached hydrogens (tertiary/aromatic N) is 1. The third-order valence-corrected chi connectivity index (χ3v) is 3.80. The summed E-state index contributed by atoms with van der Waals surface area (Å²) in [6.07, 6.45) is 2.16. The van der Waals surface area contributed by atoms with Gasteiger partial charge < -0.3 is 4.98 Å². The van der Waals surface area contributed by atoms with Gasteiger partial charge in [-0.25, -0.2) is 4.79 Å². The Bertz CT molecular complexity index is 567. The molecular formula is C10H9IN2O. The summed E-state index contributed by atoms with van der Waals surface area (Å²) in [6, 6.07) is 4.06. The summed E-state index contributed by atoms with van der Waals surface area (Å²) in [5.74, 6) is 0. The summed E-state index contributed by atoms with van der Waals surface area (Å²) in [7, 11) is 0. The van der Waals surface area contributed by atoms with E-state index in [1.54, 1.807) is 0 Å². The minimum atomic E-state index is 0.0305. The van der Waals surface area contributed by atoms with E-state index in [0.29, 0.717) is 0 Å². The van der Waals surface area contributed by atoms with Crippen molar-refractivity contribution in [3.05, 3.63) is 31.8 Å². The second kappa shape index (κ2) is 2.85. The van der Waals surface area contributed by atoms with E-state index in [0.717, 1.165) is 30.4 Å². The van der Waals surface area contributed by atoms with Crippen LogP contribution in [0, 0.1) is 3.57 Å². The van der Waals surface area contributed by atoms with Crippen LogP contribution in [-0.4, -0.2) is 9.55 Å². The van der Waals surface area contributed by atoms with Crippen LogP contribution in [0.3, 0.4) is 0 Å². The Morgan fingerprint density at radius 1 is 1.43 bits per heavy atom. The second-order valence-electron chi connectivity index (χ2n) is 3.61. The SMILES string of the molecule is O=c1[nH]c2ccc(I)c3c2n1CCC3. The number of imidazole rings is 1. The lowest BCUT2D eigenvalue weighted by atomic mass is 10.1. The van der Waals surface area contributed by atoms with Crippen LogP contribution in [0.15, 0.2) is 16.9 Å². The van der Waals surface area contributed by atoms with Gasteiger partial charge in [0.25, 0.3) is 0 Å². The maximum atomic E-state index is 11.6. The molecule has 1 aromatic carbocycles. The van der Waals surface area contributed by atoms with Crippen molar-refractivity contribution < 1.29 is 0 Å². The normalized spacial score (nSPS) is 14.9. The predicted molar refractivity (Wildman–Crippen MR) is 63.6 cm³/mol. The van der Waals surface area contributed by atoms with Crippen LogP contribution in [0.1, 0.15) is 12.0 Å². The van der Waals surface area contributed by atoms with E-state index in [4.69, 9.17) is 0 Å². The van der Waals surface area contributed by atoms with Crippen molar-refractivity contribution in [1.82, 2.24) is 9.55 Å². The number of rotatable bonds is 0. The van der Waals surface area contributed by atoms with E-state index in [2.05, 4.69) is 33.6 Å². The van der Waals surface area contributed by atoms with Crippen molar-refractivity contribution in [3.63, 3.8) is 0 Å². The van der Waals surface area contributed by atoms with Crippen molar-refractivity contribution in [2.75, 3.05) is 0 Å². The smallest absolute Gasteiger partial charge is 0.306 e. The molecule has 0 radical (unpaired) electrons. The van der Waals surface area contributed by atoms with Gasteiger partial charge in [0.2, 0.25) is 0 Å². The molecule has 1 aliphatic rings. The van der Waals surface area contributed by atoms with E-state index < -0.39 is 0 Å². The summed E-state index contributed by atoms with van der Waals surface area (Å²) in [4.78, 5) is 14.5. The third kappa shape index (κ3) is 1.00. The average molecular weight is 300 g/mol. The van der Waals surface area contributed by atoms with Crippen molar-refractivity contribution in [3.8, 4) is 0 Å². The number of aromatic nitrogens is 2. The molecule has 0 fully saturated rings. The van der Waals surface area contributed by atoms with Crippen LogP contribution in [-0.2, 0) is 13.0 Å². The van der Waals surface area contributed by atoms with Gasteiger partial charge in [-0.2, -0.15) is 0 Å². The lowest BCUT2D eigenvalue weighted by molar-refractivity contribution is 0.614. The van der Waals surface area contributed by atoms with E-state index in [1.807, 2.05) is 10.6 Å². The van der Waals surface area contributed by atoms with Crippen LogP contribution in [0.25, 0.3) is 11.0 Å². The molecule has 1 aliphatic heterocycles. The largest absolute Gasteiger partial charge is 0.326 e. The first kappa shape index (κ1) is 8.52. The summed E-state index contributed by atoms with van der Waals surface area (Å²) in [5.41, 5.74) is 3.45. The molecule has 0 amide bonds. The number of hydrogen-bond donors (Lipinski definition) is 1. The molecule has 0 spiro atoms. The Morgan fingerprint density at radius 3 is 3.14 bits per heavy atom. The first-order chi connectivity index (χ1) is 6.77. The first-order valence-corrected chi connectivity index (χ1v) is 5.75. The van der Waals surface area contributed by atoms with Crippen LogP contribution in [0.4, 0.5) is 0 Å². The molecule has 0 saturated heterocycles. The zero-order valence-corrected chi connectivity index (χ0v) is 9.67. The fourth-order valence-corrected chi connectivity index (χ4v) is 2.88. The Balaban J connectivity index is 2.57. The highest BCUT2D eigenvalue weighted by Crippen LogP contribution is 2.26. The van der Waals surface area contributed by atoms with E-state index in [1.165, 1.54) is 9.13 Å². The molecule has 1 N–H and O–H groups in total. The molecular weight excluding hydrogens is 291 g/mol. The number of hydrogen-bond acceptors (Lipinski definition) is 1. The van der Waals surface area contributed by atoms with Gasteiger partial charge >= 0.3 is 5.69 Å². The molecule has 2 heterocycles. The lowest BCUT2D eigenvalue weighted by Crippen LogP contribution is -2.20. The summed E-state index contributed by atoms with van der Waals surface area (Å²) >= 11 is 2.34. The molecule has 3 rings (SSSR count). The number of nitrogens with one attached hydrogen (secondary N) is 1. The molecule has 1 aromatic heterocycles. The molecule has 0 bridgehead atoms. The molecule has 0 atom stereocenters. The van der Waals surface area contributed by atoms with E-state index >= 15 is 0 Å². The molecule has 72 valence electrons. The summed E-state index contributed by atoms with van der Waals surface area (Å²) in [5, 5.41) is 0. The van der Waals surface area contributed by atoms with Gasteiger partial charge in [0.15, 0.2) is 0 Å². The molecule has 14 heavy (non-hydrogen) atoms. The van der Waals surface area contributed by atoms with Crippen molar-refractivity contribution in [2.24, 2.45) is 0 Å². The summed E-state index contributed by atoms with van der Waals surface area (Å²) in [6.45, 7) is 0.853. The van der Waals surface area contributed by atoms with Gasteiger partial charge in [0.05, 0.1) is 11.0 Å². The summed E-state index contributed by atoms with van der Waals surface area (Å²) < 4.78 is 3.12. The Kier molecular flexibility index (Phi) is 1.74. The number of aryl methyl sites for hydroxylation is 2. The van der Waals surface area contributed by atoms with Gasteiger partial charge in [-0.05, 0) is 53.1 Å². The topological polar surface area (TPSA) is 37.8 Å². The Labute approximate surface area is 94.3 Å². The first-order valence-electron chi connectivity index (χ1n) is 4.67. The van der Waals surface area contributed by atoms with Gasteiger partial charge in [-0.1, -0.05) is 0 Å². The third-order valence-electron chi connectivity index (χ3n) is 2.79. The number of halogens is 1. The maximum Gasteiger partial charge on any atom is 0.326 e. The molecule has 3 nitrogen and oxygen atoms in total. The standard InChI is InChI=1S/C10H9IN2O/c11-7-3-4-8-9-6(7)2-1-5-13(9)10(14)12-8/h3-4H,1-2,5H2,(H,12,14). The zero-order chi connectivity index (χ0) is 9.71. The van der Waals surface area contributed by atoms with Crippen LogP contribution in [0.2, 0.25) is 0 Å². The van der Waals surface area contributed by atoms with Crippen molar-refractivity contribution >= 4 is 33.6 Å². The average Bonchev–Trinajstić information content (AvgIpc) is 2.52. The Hall–Kier alpha value is -0.780. The zero-order valence-electron chi connectivity index (χ0n) is 7.51. The number of aromatic amines is 1. The lowest BCUT2D eigenvalue weighted by Gasteiger charge is -2.14. The molecule has 2 aromatic rings. The molecule has 0 saturated carbocycles. The highest BCUT2D eigenvalue weighted by molar-refractivity contribution is 14.1. The quantitative estimate of drug-likeness (QED) is 0.741. The minimum absolute atomic E-state index is 0.0305. The molecule has 0 aliphatic carbocycles. The predicted octanol–water partition coefficient (Wildman–Crippen LogP) is 1.88. The van der Waals surface area contributed by atoms with Crippen LogP contribution < -0.4 is 5.69 Å². The fourth-order valence-electron chi connectivity index (χ4n) is 2.17.